The Morgan fingerprint density at radius 3 is 2.03 bits per heavy atom. The number of para-hydroxylation sites is 1. The van der Waals surface area contributed by atoms with E-state index in [0.29, 0.717) is 10.7 Å². The maximum absolute atomic E-state index is 13.8. The van der Waals surface area contributed by atoms with Gasteiger partial charge in [0, 0.05) is 17.6 Å². The quantitative estimate of drug-likeness (QED) is 0.375. The molecule has 0 heterocycles. The highest BCUT2D eigenvalue weighted by Crippen LogP contribution is 2.25. The number of anilines is 1. The molecule has 3 aromatic rings. The molecule has 3 aromatic carbocycles. The molecular weight excluding hydrogens is 510 g/mol. The second-order valence-electron chi connectivity index (χ2n) is 8.80. The van der Waals surface area contributed by atoms with Crippen molar-refractivity contribution in [3.63, 3.8) is 0 Å². The highest BCUT2D eigenvalue weighted by Gasteiger charge is 2.32. The fourth-order valence-electron chi connectivity index (χ4n) is 3.69. The molecule has 0 aromatic heterocycles. The molecule has 0 unspecified atom stereocenters. The van der Waals surface area contributed by atoms with Gasteiger partial charge in [-0.3, -0.25) is 13.9 Å². The first-order chi connectivity index (χ1) is 17.6. The summed E-state index contributed by atoms with van der Waals surface area (Å²) in [5.74, 6) is -0.803. The number of carbonyl (C=O) groups is 2. The van der Waals surface area contributed by atoms with Crippen LogP contribution in [-0.2, 0) is 26.2 Å². The predicted molar refractivity (Wildman–Crippen MR) is 147 cm³/mol. The van der Waals surface area contributed by atoms with Crippen molar-refractivity contribution in [2.75, 3.05) is 10.8 Å². The van der Waals surface area contributed by atoms with Crippen LogP contribution in [0.5, 0.6) is 0 Å². The zero-order valence-corrected chi connectivity index (χ0v) is 22.7. The van der Waals surface area contributed by atoms with Gasteiger partial charge < -0.3 is 10.2 Å². The first kappa shape index (κ1) is 28.2. The molecule has 0 spiro atoms. The van der Waals surface area contributed by atoms with Crippen molar-refractivity contribution >= 4 is 39.1 Å². The number of sulfonamides is 1. The van der Waals surface area contributed by atoms with E-state index in [4.69, 9.17) is 11.6 Å². The summed E-state index contributed by atoms with van der Waals surface area (Å²) in [6.07, 6.45) is 0.742. The summed E-state index contributed by atoms with van der Waals surface area (Å²) in [6, 6.07) is 22.6. The van der Waals surface area contributed by atoms with Crippen LogP contribution in [0.15, 0.2) is 89.8 Å². The lowest BCUT2D eigenvalue weighted by molar-refractivity contribution is -0.139. The van der Waals surface area contributed by atoms with E-state index in [1.165, 1.54) is 29.2 Å². The maximum atomic E-state index is 13.8. The van der Waals surface area contributed by atoms with E-state index in [0.717, 1.165) is 16.3 Å². The summed E-state index contributed by atoms with van der Waals surface area (Å²) in [7, 11) is -4.11. The van der Waals surface area contributed by atoms with Gasteiger partial charge in [-0.15, -0.1) is 0 Å². The Labute approximate surface area is 224 Å². The Hall–Kier alpha value is -3.36. The molecule has 0 aliphatic rings. The third-order valence-corrected chi connectivity index (χ3v) is 8.13. The van der Waals surface area contributed by atoms with Crippen molar-refractivity contribution in [1.29, 1.82) is 0 Å². The van der Waals surface area contributed by atoms with E-state index in [2.05, 4.69) is 5.32 Å². The van der Waals surface area contributed by atoms with E-state index in [9.17, 15) is 18.0 Å². The lowest BCUT2D eigenvalue weighted by atomic mass is 10.1. The van der Waals surface area contributed by atoms with Gasteiger partial charge in [0.25, 0.3) is 10.0 Å². The van der Waals surface area contributed by atoms with Crippen molar-refractivity contribution in [3.05, 3.63) is 95.5 Å². The summed E-state index contributed by atoms with van der Waals surface area (Å²) in [5, 5.41) is 3.32. The van der Waals surface area contributed by atoms with Crippen LogP contribution in [0.4, 0.5) is 5.69 Å². The number of carbonyl (C=O) groups excluding carboxylic acids is 2. The van der Waals surface area contributed by atoms with Crippen LogP contribution < -0.4 is 9.62 Å². The van der Waals surface area contributed by atoms with Crippen LogP contribution in [0, 0.1) is 0 Å². The number of nitrogens with zero attached hydrogens (tertiary/aromatic N) is 2. The molecule has 37 heavy (non-hydrogen) atoms. The average Bonchev–Trinajstić information content (AvgIpc) is 2.91. The molecule has 2 amide bonds. The number of hydrogen-bond acceptors (Lipinski definition) is 4. The highest BCUT2D eigenvalue weighted by molar-refractivity contribution is 7.92. The molecule has 9 heteroatoms. The van der Waals surface area contributed by atoms with Crippen molar-refractivity contribution < 1.29 is 18.0 Å². The molecule has 0 saturated heterocycles. The Balaban J connectivity index is 1.98. The topological polar surface area (TPSA) is 86.8 Å². The zero-order chi connectivity index (χ0) is 27.0. The van der Waals surface area contributed by atoms with Crippen LogP contribution in [0.1, 0.15) is 32.8 Å². The van der Waals surface area contributed by atoms with Gasteiger partial charge in [-0.2, -0.15) is 0 Å². The van der Waals surface area contributed by atoms with Gasteiger partial charge in [0.15, 0.2) is 0 Å². The summed E-state index contributed by atoms with van der Waals surface area (Å²) in [4.78, 5) is 28.2. The molecule has 0 aliphatic carbocycles. The Bertz CT molecular complexity index is 1290. The van der Waals surface area contributed by atoms with Gasteiger partial charge in [-0.05, 0) is 62.2 Å². The molecule has 7 nitrogen and oxygen atoms in total. The fourth-order valence-corrected chi connectivity index (χ4v) is 5.23. The Morgan fingerprint density at radius 1 is 0.892 bits per heavy atom. The normalized spacial score (nSPS) is 12.9. The minimum Gasteiger partial charge on any atom is -0.352 e. The Morgan fingerprint density at radius 2 is 1.46 bits per heavy atom. The van der Waals surface area contributed by atoms with E-state index in [-0.39, 0.29) is 23.4 Å². The highest BCUT2D eigenvalue weighted by atomic mass is 35.5. The molecule has 0 fully saturated rings. The second kappa shape index (κ2) is 12.7. The zero-order valence-electron chi connectivity index (χ0n) is 21.2. The summed E-state index contributed by atoms with van der Waals surface area (Å²) >= 11 is 5.97. The predicted octanol–water partition coefficient (Wildman–Crippen LogP) is 4.87. The van der Waals surface area contributed by atoms with Crippen molar-refractivity contribution in [3.8, 4) is 0 Å². The van der Waals surface area contributed by atoms with Gasteiger partial charge in [-0.25, -0.2) is 8.42 Å². The van der Waals surface area contributed by atoms with Crippen LogP contribution in [0.2, 0.25) is 5.02 Å². The molecule has 3 rings (SSSR count). The third-order valence-electron chi connectivity index (χ3n) is 6.09. The molecule has 2 atom stereocenters. The van der Waals surface area contributed by atoms with Crippen LogP contribution in [-0.4, -0.2) is 43.8 Å². The van der Waals surface area contributed by atoms with Crippen LogP contribution >= 0.6 is 11.6 Å². The third kappa shape index (κ3) is 7.33. The van der Waals surface area contributed by atoms with Gasteiger partial charge >= 0.3 is 0 Å². The lowest BCUT2D eigenvalue weighted by Gasteiger charge is -2.32. The monoisotopic (exact) mass is 541 g/mol. The molecule has 196 valence electrons. The molecule has 0 bridgehead atoms. The standard InChI is InChI=1S/C28H32ClN3O4S/c1-4-21(2)30-28(34)22(3)31(19-23-11-7-5-8-12-23)27(33)20-32(25-13-9-6-10-14-25)37(35,36)26-17-15-24(29)16-18-26/h5-18,21-22H,4,19-20H2,1-3H3,(H,30,34)/t21-,22+/m0/s1. The van der Waals surface area contributed by atoms with Gasteiger partial charge in [0.2, 0.25) is 11.8 Å². The number of nitrogens with one attached hydrogen (secondary N) is 1. The summed E-state index contributed by atoms with van der Waals surface area (Å²) in [5.41, 5.74) is 1.16. The van der Waals surface area contributed by atoms with Gasteiger partial charge in [0.1, 0.15) is 12.6 Å². The number of hydrogen-bond donors (Lipinski definition) is 1. The second-order valence-corrected chi connectivity index (χ2v) is 11.1. The van der Waals surface area contributed by atoms with Crippen LogP contribution in [0.3, 0.4) is 0 Å². The number of rotatable bonds is 11. The molecular formula is C28H32ClN3O4S. The van der Waals surface area contributed by atoms with Gasteiger partial charge in [-0.1, -0.05) is 67.1 Å². The van der Waals surface area contributed by atoms with E-state index >= 15 is 0 Å². The van der Waals surface area contributed by atoms with Crippen molar-refractivity contribution in [2.24, 2.45) is 0 Å². The lowest BCUT2D eigenvalue weighted by Crippen LogP contribution is -2.52. The van der Waals surface area contributed by atoms with E-state index < -0.39 is 28.5 Å². The number of amides is 2. The molecule has 0 saturated carbocycles. The first-order valence-electron chi connectivity index (χ1n) is 12.1. The van der Waals surface area contributed by atoms with E-state index in [1.54, 1.807) is 37.3 Å². The summed E-state index contributed by atoms with van der Waals surface area (Å²) < 4.78 is 28.4. The summed E-state index contributed by atoms with van der Waals surface area (Å²) in [6.45, 7) is 5.17. The fraction of sp³-hybridized carbons (Fsp3) is 0.286. The van der Waals surface area contributed by atoms with Crippen molar-refractivity contribution in [1.82, 2.24) is 10.2 Å². The largest absolute Gasteiger partial charge is 0.352 e. The first-order valence-corrected chi connectivity index (χ1v) is 13.9. The van der Waals surface area contributed by atoms with Gasteiger partial charge in [0.05, 0.1) is 10.6 Å². The SMILES string of the molecule is CC[C@H](C)NC(=O)[C@@H](C)N(Cc1ccccc1)C(=O)CN(c1ccccc1)S(=O)(=O)c1ccc(Cl)cc1. The molecule has 1 N–H and O–H groups in total. The smallest absolute Gasteiger partial charge is 0.264 e. The minimum atomic E-state index is -4.11. The Kier molecular flexibility index (Phi) is 9.72. The van der Waals surface area contributed by atoms with Crippen LogP contribution in [0.25, 0.3) is 0 Å². The number of halogens is 1. The minimum absolute atomic E-state index is 0.00530. The molecule has 0 aliphatic heterocycles. The van der Waals surface area contributed by atoms with Crippen molar-refractivity contribution in [2.45, 2.75) is 50.7 Å². The number of benzene rings is 3. The average molecular weight is 542 g/mol. The maximum Gasteiger partial charge on any atom is 0.264 e. The molecule has 0 radical (unpaired) electrons. The van der Waals surface area contributed by atoms with E-state index in [1.807, 2.05) is 44.2 Å².